The monoisotopic (exact) mass is 907 g/mol. The normalized spacial score (nSPS) is 14.0. The number of pyridine rings is 1. The predicted octanol–water partition coefficient (Wildman–Crippen LogP) is 18.1. The minimum atomic E-state index is -0.536. The minimum Gasteiger partial charge on any atom is -0.248 e. The molecule has 1 heterocycles. The number of benzene rings is 9. The largest absolute Gasteiger partial charge is 0.248 e. The fraction of sp³-hybridized carbons (Fsp3) is 0.0714. The van der Waals surface area contributed by atoms with Crippen LogP contribution in [-0.2, 0) is 10.8 Å². The van der Waals surface area contributed by atoms with Crippen molar-refractivity contribution in [1.82, 2.24) is 4.98 Å². The van der Waals surface area contributed by atoms with Crippen LogP contribution >= 0.6 is 0 Å². The average molecular weight is 908 g/mol. The molecule has 0 fully saturated rings. The van der Waals surface area contributed by atoms with E-state index in [0.29, 0.717) is 0 Å². The van der Waals surface area contributed by atoms with Gasteiger partial charge in [-0.05, 0) is 131 Å². The van der Waals surface area contributed by atoms with Gasteiger partial charge in [0, 0.05) is 16.5 Å². The molecule has 1 nitrogen and oxygen atoms in total. The zero-order valence-corrected chi connectivity index (χ0v) is 40.4. The molecule has 1 aromatic heterocycles. The van der Waals surface area contributed by atoms with Crippen LogP contribution in [-0.4, -0.2) is 4.98 Å². The molecule has 1 heteroatoms. The van der Waals surface area contributed by atoms with E-state index in [9.17, 15) is 0 Å². The summed E-state index contributed by atoms with van der Waals surface area (Å²) in [5, 5.41) is 0. The highest BCUT2D eigenvalue weighted by atomic mass is 14.7. The molecule has 9 aromatic carbocycles. The smallest absolute Gasteiger partial charge is 0.0719 e. The second kappa shape index (κ2) is 17.7. The molecule has 0 N–H and O–H groups in total. The number of nitrogens with zero attached hydrogens (tertiary/aromatic N) is 1. The molecule has 0 atom stereocenters. The van der Waals surface area contributed by atoms with E-state index in [2.05, 4.69) is 276 Å². The maximum absolute atomic E-state index is 5.31. The average Bonchev–Trinajstić information content (AvgIpc) is 3.74. The van der Waals surface area contributed by atoms with Crippen molar-refractivity contribution < 1.29 is 0 Å². The lowest BCUT2D eigenvalue weighted by Crippen LogP contribution is -2.40. The molecule has 0 radical (unpaired) electrons. The third-order valence-electron chi connectivity index (χ3n) is 15.2. The fourth-order valence-corrected chi connectivity index (χ4v) is 11.7. The van der Waals surface area contributed by atoms with Gasteiger partial charge >= 0.3 is 0 Å². The van der Waals surface area contributed by atoms with E-state index in [1.807, 2.05) is 6.08 Å². The van der Waals surface area contributed by atoms with Gasteiger partial charge in [0.15, 0.2) is 0 Å². The predicted molar refractivity (Wildman–Crippen MR) is 299 cm³/mol. The molecule has 0 bridgehead atoms. The lowest BCUT2D eigenvalue weighted by molar-refractivity contribution is 0.563. The molecule has 71 heavy (non-hydrogen) atoms. The standard InChI is InChI=1S/C70H53N/c1-5-47(49-21-10-7-11-22-49)43-48(6-2)50-33-35-51(36-34-50)52-37-39-53(40-38-52)56-41-42-60-59(44-56)68-58(57-45-66(54-23-12-8-13-24-54)71-67(46-57)55-25-14-9-15-26-55)27-20-32-65(68)70(60)63-30-18-16-28-61(63)69(3,4)62-29-17-19-31-64(62)70/h5-46H,2H2,1,3-4H3/b47-5+,48-43+. The van der Waals surface area contributed by atoms with Crippen molar-refractivity contribution in [3.05, 3.63) is 306 Å². The second-order valence-electron chi connectivity index (χ2n) is 19.4. The van der Waals surface area contributed by atoms with Gasteiger partial charge in [-0.25, -0.2) is 4.98 Å². The van der Waals surface area contributed by atoms with E-state index in [4.69, 9.17) is 4.98 Å². The summed E-state index contributed by atoms with van der Waals surface area (Å²) in [5.41, 5.74) is 25.6. The van der Waals surface area contributed by atoms with Crippen molar-refractivity contribution in [2.24, 2.45) is 0 Å². The number of allylic oxidation sites excluding steroid dienone is 5. The summed E-state index contributed by atoms with van der Waals surface area (Å²) >= 11 is 0. The molecule has 2 aliphatic carbocycles. The first kappa shape index (κ1) is 43.6. The van der Waals surface area contributed by atoms with Crippen LogP contribution in [0.15, 0.2) is 261 Å². The van der Waals surface area contributed by atoms with Crippen molar-refractivity contribution in [3.8, 4) is 67.0 Å². The van der Waals surface area contributed by atoms with Gasteiger partial charge in [-0.3, -0.25) is 0 Å². The van der Waals surface area contributed by atoms with Crippen LogP contribution in [0.3, 0.4) is 0 Å². The summed E-state index contributed by atoms with van der Waals surface area (Å²) in [7, 11) is 0. The molecule has 1 spiro atoms. The first-order valence-electron chi connectivity index (χ1n) is 24.8. The topological polar surface area (TPSA) is 12.9 Å². The molecule has 0 saturated carbocycles. The second-order valence-corrected chi connectivity index (χ2v) is 19.4. The summed E-state index contributed by atoms with van der Waals surface area (Å²) in [6.45, 7) is 11.0. The number of fused-ring (bicyclic) bond motifs is 9. The maximum Gasteiger partial charge on any atom is 0.0719 e. The Labute approximate surface area is 418 Å². The van der Waals surface area contributed by atoms with E-state index < -0.39 is 5.41 Å². The van der Waals surface area contributed by atoms with E-state index in [1.54, 1.807) is 0 Å². The Morgan fingerprint density at radius 1 is 0.380 bits per heavy atom. The van der Waals surface area contributed by atoms with Crippen LogP contribution in [0.4, 0.5) is 0 Å². The van der Waals surface area contributed by atoms with Gasteiger partial charge in [-0.1, -0.05) is 251 Å². The quantitative estimate of drug-likeness (QED) is 0.132. The van der Waals surface area contributed by atoms with Crippen molar-refractivity contribution in [2.45, 2.75) is 31.6 Å². The lowest BCUT2D eigenvalue weighted by atomic mass is 9.55. The Hall–Kier alpha value is -8.65. The summed E-state index contributed by atoms with van der Waals surface area (Å²) in [6.07, 6.45) is 6.33. The molecule has 0 aliphatic heterocycles. The zero-order valence-electron chi connectivity index (χ0n) is 40.4. The highest BCUT2D eigenvalue weighted by Gasteiger charge is 2.53. The van der Waals surface area contributed by atoms with Gasteiger partial charge in [0.25, 0.3) is 0 Å². The molecule has 338 valence electrons. The van der Waals surface area contributed by atoms with Crippen LogP contribution in [0.25, 0.3) is 78.2 Å². The van der Waals surface area contributed by atoms with Crippen LogP contribution < -0.4 is 0 Å². The molecular weight excluding hydrogens is 855 g/mol. The van der Waals surface area contributed by atoms with Gasteiger partial charge in [0.05, 0.1) is 16.8 Å². The Balaban J connectivity index is 1.01. The number of hydrogen-bond donors (Lipinski definition) is 0. The van der Waals surface area contributed by atoms with Gasteiger partial charge in [0.1, 0.15) is 0 Å². The molecular formula is C70H53N. The number of rotatable bonds is 9. The Morgan fingerprint density at radius 3 is 1.39 bits per heavy atom. The lowest BCUT2D eigenvalue weighted by Gasteiger charge is -2.46. The Morgan fingerprint density at radius 2 is 0.845 bits per heavy atom. The maximum atomic E-state index is 5.31. The first-order valence-corrected chi connectivity index (χ1v) is 24.8. The van der Waals surface area contributed by atoms with Crippen molar-refractivity contribution in [3.63, 3.8) is 0 Å². The molecule has 0 saturated heterocycles. The third kappa shape index (κ3) is 7.28. The van der Waals surface area contributed by atoms with Crippen LogP contribution in [0, 0.1) is 0 Å². The molecule has 10 aromatic rings. The van der Waals surface area contributed by atoms with Crippen molar-refractivity contribution in [2.75, 3.05) is 0 Å². The summed E-state index contributed by atoms with van der Waals surface area (Å²) in [5.74, 6) is 0. The molecule has 0 amide bonds. The Kier molecular flexibility index (Phi) is 10.9. The van der Waals surface area contributed by atoms with Crippen LogP contribution in [0.2, 0.25) is 0 Å². The minimum absolute atomic E-state index is 0.190. The van der Waals surface area contributed by atoms with E-state index in [0.717, 1.165) is 39.2 Å². The summed E-state index contributed by atoms with van der Waals surface area (Å²) in [6, 6.07) is 86.9. The number of aromatic nitrogens is 1. The fourth-order valence-electron chi connectivity index (χ4n) is 11.7. The number of hydrogen-bond acceptors (Lipinski definition) is 1. The summed E-state index contributed by atoms with van der Waals surface area (Å²) in [4.78, 5) is 5.31. The first-order chi connectivity index (χ1) is 34.9. The van der Waals surface area contributed by atoms with Crippen molar-refractivity contribution in [1.29, 1.82) is 0 Å². The van der Waals surface area contributed by atoms with Gasteiger partial charge in [-0.2, -0.15) is 0 Å². The van der Waals surface area contributed by atoms with Gasteiger partial charge in [-0.15, -0.1) is 0 Å². The van der Waals surface area contributed by atoms with E-state index in [1.165, 1.54) is 83.5 Å². The van der Waals surface area contributed by atoms with Gasteiger partial charge < -0.3 is 0 Å². The molecule has 12 rings (SSSR count). The Bertz CT molecular complexity index is 3600. The SMILES string of the molecule is C=C/C(=C\C(=C/C)c1ccccc1)c1ccc(-c2ccc(-c3ccc4c(c3)-c3c(-c5cc(-c6ccccc6)nc(-c6ccccc6)c5)cccc3C43c4ccccc4C(C)(C)c4ccccc43)cc2)cc1. The third-order valence-corrected chi connectivity index (χ3v) is 15.2. The zero-order chi connectivity index (χ0) is 48.1. The summed E-state index contributed by atoms with van der Waals surface area (Å²) < 4.78 is 0. The van der Waals surface area contributed by atoms with Crippen LogP contribution in [0.5, 0.6) is 0 Å². The molecule has 2 aliphatic rings. The molecule has 0 unspecified atom stereocenters. The van der Waals surface area contributed by atoms with Crippen LogP contribution in [0.1, 0.15) is 65.3 Å². The highest BCUT2D eigenvalue weighted by Crippen LogP contribution is 2.63. The van der Waals surface area contributed by atoms with Gasteiger partial charge in [0.2, 0.25) is 0 Å². The van der Waals surface area contributed by atoms with E-state index in [-0.39, 0.29) is 5.41 Å². The van der Waals surface area contributed by atoms with E-state index >= 15 is 0 Å². The highest BCUT2D eigenvalue weighted by molar-refractivity contribution is 5.99. The van der Waals surface area contributed by atoms with Crippen molar-refractivity contribution >= 4 is 11.1 Å².